The number of carbonyl (C=O) groups excluding carboxylic acids is 1. The highest BCUT2D eigenvalue weighted by Crippen LogP contribution is 2.32. The average molecular weight is 409 g/mol. The van der Waals surface area contributed by atoms with E-state index in [2.05, 4.69) is 10.3 Å². The van der Waals surface area contributed by atoms with Crippen molar-refractivity contribution in [3.63, 3.8) is 0 Å². The first-order chi connectivity index (χ1) is 13.0. The van der Waals surface area contributed by atoms with E-state index in [1.54, 1.807) is 30.5 Å². The number of nitrogens with one attached hydrogen (secondary N) is 1. The van der Waals surface area contributed by atoms with Crippen molar-refractivity contribution in [2.75, 3.05) is 5.32 Å². The van der Waals surface area contributed by atoms with Crippen molar-refractivity contribution in [3.05, 3.63) is 65.6 Å². The van der Waals surface area contributed by atoms with Gasteiger partial charge in [-0.2, -0.15) is 8.78 Å². The molecule has 3 aromatic rings. The van der Waals surface area contributed by atoms with E-state index in [4.69, 9.17) is 16.0 Å². The molecule has 0 unspecified atom stereocenters. The number of halogens is 3. The average Bonchev–Trinajstić information content (AvgIpc) is 3.10. The van der Waals surface area contributed by atoms with Crippen LogP contribution in [-0.4, -0.2) is 16.6 Å². The van der Waals surface area contributed by atoms with Crippen LogP contribution in [0.4, 0.5) is 14.5 Å². The summed E-state index contributed by atoms with van der Waals surface area (Å²) in [6.45, 7) is 0. The number of alkyl halides is 2. The molecule has 1 amide bonds. The number of thioether (sulfide) groups is 1. The number of hydrogen-bond acceptors (Lipinski definition) is 4. The number of benzene rings is 2. The molecule has 0 fully saturated rings. The molecule has 4 nitrogen and oxygen atoms in total. The molecule has 0 saturated heterocycles. The molecule has 0 bridgehead atoms. The molecule has 1 aromatic heterocycles. The number of carbonyl (C=O) groups is 1. The molecule has 0 aliphatic carbocycles. The second-order valence-electron chi connectivity index (χ2n) is 5.52. The van der Waals surface area contributed by atoms with Gasteiger partial charge in [0, 0.05) is 23.3 Å². The van der Waals surface area contributed by atoms with Crippen LogP contribution in [0.25, 0.3) is 11.3 Å². The third-order valence-corrected chi connectivity index (χ3v) is 4.75. The van der Waals surface area contributed by atoms with Gasteiger partial charge >= 0.3 is 0 Å². The summed E-state index contributed by atoms with van der Waals surface area (Å²) in [5.74, 6) is -1.95. The Balaban J connectivity index is 1.60. The predicted molar refractivity (Wildman–Crippen MR) is 102 cm³/mol. The SMILES string of the molecule is O=C(CCc1ncc(-c2ccccc2Cl)o1)Nc1ccccc1SC(F)F. The fourth-order valence-electron chi connectivity index (χ4n) is 2.41. The summed E-state index contributed by atoms with van der Waals surface area (Å²) in [6, 6.07) is 13.7. The number of rotatable bonds is 7. The molecule has 1 N–H and O–H groups in total. The molecule has 0 atom stereocenters. The van der Waals surface area contributed by atoms with Gasteiger partial charge in [-0.25, -0.2) is 4.98 Å². The number of amides is 1. The normalized spacial score (nSPS) is 11.0. The maximum atomic E-state index is 12.6. The lowest BCUT2D eigenvalue weighted by atomic mass is 10.2. The predicted octanol–water partition coefficient (Wildman–Crippen LogP) is 5.88. The Morgan fingerprint density at radius 2 is 1.93 bits per heavy atom. The lowest BCUT2D eigenvalue weighted by Gasteiger charge is -2.09. The zero-order valence-electron chi connectivity index (χ0n) is 14.0. The lowest BCUT2D eigenvalue weighted by Crippen LogP contribution is -2.13. The lowest BCUT2D eigenvalue weighted by molar-refractivity contribution is -0.116. The minimum atomic E-state index is -2.56. The van der Waals surface area contributed by atoms with Gasteiger partial charge in [-0.05, 0) is 24.3 Å². The first kappa shape index (κ1) is 19.4. The smallest absolute Gasteiger partial charge is 0.288 e. The van der Waals surface area contributed by atoms with Gasteiger partial charge in [0.25, 0.3) is 5.76 Å². The molecule has 0 spiro atoms. The number of nitrogens with zero attached hydrogens (tertiary/aromatic N) is 1. The van der Waals surface area contributed by atoms with Crippen LogP contribution in [0.3, 0.4) is 0 Å². The Morgan fingerprint density at radius 3 is 2.70 bits per heavy atom. The van der Waals surface area contributed by atoms with E-state index in [-0.39, 0.29) is 18.7 Å². The third kappa shape index (κ3) is 5.30. The van der Waals surface area contributed by atoms with Gasteiger partial charge in [-0.15, -0.1) is 0 Å². The van der Waals surface area contributed by atoms with E-state index < -0.39 is 5.76 Å². The van der Waals surface area contributed by atoms with E-state index in [0.717, 1.165) is 5.56 Å². The van der Waals surface area contributed by atoms with Crippen molar-refractivity contribution < 1.29 is 18.0 Å². The molecular formula is C19H15ClF2N2O2S. The van der Waals surface area contributed by atoms with Gasteiger partial charge in [0.05, 0.1) is 16.9 Å². The van der Waals surface area contributed by atoms with Crippen molar-refractivity contribution in [2.24, 2.45) is 0 Å². The molecule has 3 rings (SSSR count). The second kappa shape index (κ2) is 9.01. The summed E-state index contributed by atoms with van der Waals surface area (Å²) in [7, 11) is 0. The number of para-hydroxylation sites is 1. The fraction of sp³-hybridized carbons (Fsp3) is 0.158. The minimum absolute atomic E-state index is 0.107. The van der Waals surface area contributed by atoms with Gasteiger partial charge in [-0.1, -0.05) is 47.6 Å². The van der Waals surface area contributed by atoms with E-state index in [9.17, 15) is 13.6 Å². The molecule has 0 saturated carbocycles. The van der Waals surface area contributed by atoms with Crippen LogP contribution >= 0.6 is 23.4 Å². The Kier molecular flexibility index (Phi) is 6.47. The van der Waals surface area contributed by atoms with E-state index in [1.165, 1.54) is 6.07 Å². The zero-order valence-corrected chi connectivity index (χ0v) is 15.6. The number of aryl methyl sites for hydroxylation is 1. The monoisotopic (exact) mass is 408 g/mol. The van der Waals surface area contributed by atoms with Gasteiger partial charge < -0.3 is 9.73 Å². The molecule has 0 aliphatic heterocycles. The second-order valence-corrected chi connectivity index (χ2v) is 6.96. The highest BCUT2D eigenvalue weighted by Gasteiger charge is 2.14. The van der Waals surface area contributed by atoms with Crippen LogP contribution in [0.15, 0.2) is 64.0 Å². The molecular weight excluding hydrogens is 394 g/mol. The van der Waals surface area contributed by atoms with Crippen LogP contribution in [0.5, 0.6) is 0 Å². The highest BCUT2D eigenvalue weighted by atomic mass is 35.5. The summed E-state index contributed by atoms with van der Waals surface area (Å²) in [4.78, 5) is 16.6. The van der Waals surface area contributed by atoms with Crippen molar-refractivity contribution in [1.82, 2.24) is 4.98 Å². The van der Waals surface area contributed by atoms with Crippen molar-refractivity contribution >= 4 is 35.0 Å². The van der Waals surface area contributed by atoms with Gasteiger partial charge in [0.2, 0.25) is 5.91 Å². The molecule has 8 heteroatoms. The summed E-state index contributed by atoms with van der Waals surface area (Å²) in [5.41, 5.74) is 1.08. The summed E-state index contributed by atoms with van der Waals surface area (Å²) in [5, 5.41) is 3.20. The maximum Gasteiger partial charge on any atom is 0.288 e. The summed E-state index contributed by atoms with van der Waals surface area (Å²) >= 11 is 6.52. The Morgan fingerprint density at radius 1 is 1.19 bits per heavy atom. The fourth-order valence-corrected chi connectivity index (χ4v) is 3.24. The van der Waals surface area contributed by atoms with Crippen LogP contribution in [0.2, 0.25) is 5.02 Å². The summed E-state index contributed by atoms with van der Waals surface area (Å²) in [6.07, 6.45) is 1.94. The van der Waals surface area contributed by atoms with Gasteiger partial charge in [0.15, 0.2) is 11.7 Å². The highest BCUT2D eigenvalue weighted by molar-refractivity contribution is 7.99. The van der Waals surface area contributed by atoms with Gasteiger partial charge in [0.1, 0.15) is 0 Å². The Hall–Kier alpha value is -2.38. The molecule has 0 aliphatic rings. The van der Waals surface area contributed by atoms with Crippen LogP contribution < -0.4 is 5.32 Å². The van der Waals surface area contributed by atoms with Crippen LogP contribution in [0.1, 0.15) is 12.3 Å². The number of anilines is 1. The topological polar surface area (TPSA) is 55.1 Å². The van der Waals surface area contributed by atoms with Crippen molar-refractivity contribution in [3.8, 4) is 11.3 Å². The Labute approximate surface area is 163 Å². The van der Waals surface area contributed by atoms with Crippen LogP contribution in [0, 0.1) is 0 Å². The summed E-state index contributed by atoms with van der Waals surface area (Å²) < 4.78 is 30.8. The third-order valence-electron chi connectivity index (χ3n) is 3.64. The van der Waals surface area contributed by atoms with E-state index in [0.29, 0.717) is 39.0 Å². The van der Waals surface area contributed by atoms with E-state index in [1.807, 2.05) is 18.2 Å². The maximum absolute atomic E-state index is 12.6. The van der Waals surface area contributed by atoms with Crippen molar-refractivity contribution in [2.45, 2.75) is 23.5 Å². The Bertz CT molecular complexity index is 933. The minimum Gasteiger partial charge on any atom is -0.441 e. The standard InChI is InChI=1S/C19H15ClF2N2O2S/c20-13-6-2-1-5-12(13)15-11-23-18(26-15)10-9-17(25)24-14-7-3-4-8-16(14)27-19(21)22/h1-8,11,19H,9-10H2,(H,24,25). The first-order valence-electron chi connectivity index (χ1n) is 8.06. The number of hydrogen-bond donors (Lipinski definition) is 1. The largest absolute Gasteiger partial charge is 0.441 e. The molecule has 0 radical (unpaired) electrons. The van der Waals surface area contributed by atoms with Crippen molar-refractivity contribution in [1.29, 1.82) is 0 Å². The molecule has 2 aromatic carbocycles. The molecule has 1 heterocycles. The quantitative estimate of drug-likeness (QED) is 0.496. The number of aromatic nitrogens is 1. The first-order valence-corrected chi connectivity index (χ1v) is 9.32. The van der Waals surface area contributed by atoms with Crippen LogP contribution in [-0.2, 0) is 11.2 Å². The van der Waals surface area contributed by atoms with Gasteiger partial charge in [-0.3, -0.25) is 4.79 Å². The number of oxazole rings is 1. The zero-order chi connectivity index (χ0) is 19.2. The molecule has 140 valence electrons. The van der Waals surface area contributed by atoms with E-state index >= 15 is 0 Å². The molecule has 27 heavy (non-hydrogen) atoms.